The summed E-state index contributed by atoms with van der Waals surface area (Å²) in [5, 5.41) is 9.45. The third-order valence-corrected chi connectivity index (χ3v) is 15.8. The van der Waals surface area contributed by atoms with E-state index in [2.05, 4.69) is 50.8 Å². The zero-order valence-electron chi connectivity index (χ0n) is 38.3. The van der Waals surface area contributed by atoms with Crippen molar-refractivity contribution in [3.8, 4) is 0 Å². The van der Waals surface area contributed by atoms with E-state index in [1.807, 2.05) is 58.6 Å². The summed E-state index contributed by atoms with van der Waals surface area (Å²) >= 11 is 0. The third kappa shape index (κ3) is 10.5. The molecule has 0 radical (unpaired) electrons. The van der Waals surface area contributed by atoms with Crippen LogP contribution in [0.15, 0.2) is 78.6 Å². The average molecular weight is 895 g/mol. The fourth-order valence-electron chi connectivity index (χ4n) is 11.8. The minimum absolute atomic E-state index is 0.000556. The molecule has 348 valence electrons. The van der Waals surface area contributed by atoms with E-state index in [-0.39, 0.29) is 12.1 Å². The van der Waals surface area contributed by atoms with Gasteiger partial charge in [-0.3, -0.25) is 15.0 Å². The third-order valence-electron chi connectivity index (χ3n) is 15.8. The van der Waals surface area contributed by atoms with Crippen LogP contribution in [0.3, 0.4) is 0 Å². The zero-order valence-corrected chi connectivity index (χ0v) is 38.3. The maximum atomic E-state index is 12.5. The number of aromatic amines is 3. The minimum Gasteiger partial charge on any atom is -0.358 e. The van der Waals surface area contributed by atoms with Crippen LogP contribution in [0.4, 0.5) is 26.7 Å². The first-order valence-electron chi connectivity index (χ1n) is 24.5. The summed E-state index contributed by atoms with van der Waals surface area (Å²) < 4.78 is 0. The largest absolute Gasteiger partial charge is 0.358 e. The number of carbonyl (C=O) groups excluding carboxylic acids is 3. The molecule has 3 aliphatic carbocycles. The van der Waals surface area contributed by atoms with E-state index >= 15 is 0 Å². The highest BCUT2D eigenvalue weighted by Crippen LogP contribution is 2.47. The topological polar surface area (TPSA) is 192 Å². The van der Waals surface area contributed by atoms with E-state index in [1.165, 1.54) is 109 Å². The molecule has 0 unspecified atom stereocenters. The van der Waals surface area contributed by atoms with Crippen LogP contribution >= 0.6 is 0 Å². The quantitative estimate of drug-likeness (QED) is 0.0752. The molecule has 6 N–H and O–H groups in total. The van der Waals surface area contributed by atoms with E-state index in [0.29, 0.717) is 22.0 Å². The van der Waals surface area contributed by atoms with Gasteiger partial charge in [0, 0.05) is 63.4 Å². The Morgan fingerprint density at radius 1 is 0.530 bits per heavy atom. The van der Waals surface area contributed by atoms with E-state index in [4.69, 9.17) is 0 Å². The Morgan fingerprint density at radius 3 is 1.33 bits per heavy atom. The van der Waals surface area contributed by atoms with Gasteiger partial charge in [0.05, 0.1) is 27.9 Å². The monoisotopic (exact) mass is 895 g/mol. The number of nitrogens with one attached hydrogen (secondary N) is 6. The molecule has 3 saturated heterocycles. The van der Waals surface area contributed by atoms with Crippen LogP contribution in [0.5, 0.6) is 0 Å². The molecular weight excluding hydrogens is 829 g/mol. The molecule has 3 aliphatic heterocycles. The Hall–Kier alpha value is -6.05. The molecule has 6 aromatic heterocycles. The van der Waals surface area contributed by atoms with Crippen LogP contribution in [0.1, 0.15) is 116 Å². The van der Waals surface area contributed by atoms with Crippen molar-refractivity contribution in [1.82, 2.24) is 45.0 Å². The Balaban J connectivity index is 0.000000116. The van der Waals surface area contributed by atoms with E-state index in [0.717, 1.165) is 96.2 Å². The van der Waals surface area contributed by atoms with Gasteiger partial charge < -0.3 is 40.7 Å². The van der Waals surface area contributed by atoms with Crippen LogP contribution in [-0.4, -0.2) is 97.1 Å². The molecule has 6 fully saturated rings. The van der Waals surface area contributed by atoms with E-state index in [9.17, 15) is 14.4 Å². The first-order valence-corrected chi connectivity index (χ1v) is 24.5. The summed E-state index contributed by atoms with van der Waals surface area (Å²) in [6.07, 6.45) is 36.4. The second kappa shape index (κ2) is 20.6. The average Bonchev–Trinajstić information content (AvgIpc) is 4.25. The summed E-state index contributed by atoms with van der Waals surface area (Å²) in [7, 11) is 0. The Bertz CT molecular complexity index is 2460. The van der Waals surface area contributed by atoms with Crippen LogP contribution < -0.4 is 16.0 Å². The number of fused-ring (bicyclic) bond motifs is 3. The van der Waals surface area contributed by atoms with Crippen molar-refractivity contribution in [2.75, 3.05) is 49.9 Å². The van der Waals surface area contributed by atoms with Gasteiger partial charge in [-0.2, -0.15) is 4.99 Å². The molecule has 3 saturated carbocycles. The SMILES string of the molecule is C1CCC2(C1)CCNCC2.O=C(Nc1c[nH]c2cccnc12)N1CCC2(CCCC2)CC1.O=C(Nc1c[nH]c2cccnc12)N1CCC2(CCCC2)CC1.O=C=Nc1c[nH]c2cccnc12. The molecule has 6 aliphatic rings. The minimum atomic E-state index is -0.000556. The lowest BCUT2D eigenvalue weighted by Crippen LogP contribution is -2.44. The van der Waals surface area contributed by atoms with Crippen LogP contribution in [0.25, 0.3) is 33.1 Å². The van der Waals surface area contributed by atoms with Gasteiger partial charge in [-0.05, 0) is 143 Å². The first-order chi connectivity index (χ1) is 32.3. The second-order valence-corrected chi connectivity index (χ2v) is 19.7. The number of amides is 4. The van der Waals surface area contributed by atoms with Crippen molar-refractivity contribution in [3.05, 3.63) is 73.6 Å². The van der Waals surface area contributed by atoms with Crippen LogP contribution in [-0.2, 0) is 4.79 Å². The number of anilines is 2. The van der Waals surface area contributed by atoms with Crippen molar-refractivity contribution in [2.24, 2.45) is 21.2 Å². The molecule has 3 spiro atoms. The van der Waals surface area contributed by atoms with Crippen molar-refractivity contribution in [3.63, 3.8) is 0 Å². The highest BCUT2D eigenvalue weighted by Gasteiger charge is 2.39. The number of likely N-dealkylation sites (tertiary alicyclic amines) is 2. The van der Waals surface area contributed by atoms with Gasteiger partial charge in [0.15, 0.2) is 0 Å². The van der Waals surface area contributed by atoms with Gasteiger partial charge >= 0.3 is 12.1 Å². The van der Waals surface area contributed by atoms with Crippen LogP contribution in [0, 0.1) is 16.2 Å². The van der Waals surface area contributed by atoms with Gasteiger partial charge in [0.25, 0.3) is 0 Å². The molecule has 66 heavy (non-hydrogen) atoms. The highest BCUT2D eigenvalue weighted by molar-refractivity contribution is 6.00. The highest BCUT2D eigenvalue weighted by atomic mass is 16.2. The lowest BCUT2D eigenvalue weighted by atomic mass is 9.77. The fraction of sp³-hybridized carbons (Fsp3) is 0.529. The Morgan fingerprint density at radius 2 is 0.909 bits per heavy atom. The molecule has 15 nitrogen and oxygen atoms in total. The summed E-state index contributed by atoms with van der Waals surface area (Å²) in [6, 6.07) is 11.4. The number of nitrogens with zero attached hydrogens (tertiary/aromatic N) is 6. The molecule has 9 heterocycles. The number of pyridine rings is 3. The van der Waals surface area contributed by atoms with Crippen molar-refractivity contribution < 1.29 is 14.4 Å². The predicted molar refractivity (Wildman–Crippen MR) is 261 cm³/mol. The summed E-state index contributed by atoms with van der Waals surface area (Å²) in [6.45, 7) is 6.06. The Labute approximate surface area is 386 Å². The van der Waals surface area contributed by atoms with Gasteiger partial charge in [-0.25, -0.2) is 14.4 Å². The summed E-state index contributed by atoms with van der Waals surface area (Å²) in [4.78, 5) is 64.3. The van der Waals surface area contributed by atoms with Crippen molar-refractivity contribution >= 4 is 68.3 Å². The van der Waals surface area contributed by atoms with Gasteiger partial charge in [-0.15, -0.1) is 0 Å². The molecule has 0 atom stereocenters. The predicted octanol–water partition coefficient (Wildman–Crippen LogP) is 11.0. The molecular formula is C51H66N12O3. The fourth-order valence-corrected chi connectivity index (χ4v) is 11.8. The molecule has 15 heteroatoms. The first kappa shape index (κ1) is 45.1. The lowest BCUT2D eigenvalue weighted by Gasteiger charge is -2.39. The van der Waals surface area contributed by atoms with E-state index < -0.39 is 0 Å². The number of isocyanates is 1. The number of aromatic nitrogens is 6. The van der Waals surface area contributed by atoms with Crippen LogP contribution in [0.2, 0.25) is 0 Å². The van der Waals surface area contributed by atoms with Gasteiger partial charge in [-0.1, -0.05) is 38.5 Å². The number of hydrogen-bond acceptors (Lipinski definition) is 8. The number of piperidine rings is 3. The zero-order chi connectivity index (χ0) is 45.2. The second-order valence-electron chi connectivity index (χ2n) is 19.7. The normalized spacial score (nSPS) is 20.2. The maximum Gasteiger partial charge on any atom is 0.321 e. The molecule has 0 aromatic carbocycles. The smallest absolute Gasteiger partial charge is 0.321 e. The van der Waals surface area contributed by atoms with Crippen molar-refractivity contribution in [2.45, 2.75) is 116 Å². The number of rotatable bonds is 3. The number of hydrogen-bond donors (Lipinski definition) is 6. The van der Waals surface area contributed by atoms with E-state index in [1.54, 1.807) is 24.8 Å². The van der Waals surface area contributed by atoms with Gasteiger partial charge in [0.1, 0.15) is 22.2 Å². The molecule has 12 rings (SSSR count). The lowest BCUT2D eigenvalue weighted by molar-refractivity contribution is 0.127. The molecule has 0 bridgehead atoms. The standard InChI is InChI=1S/2C17H22N4O.C9H17N.C8H5N3O/c2*22-16(20-14-12-19-13-4-3-9-18-15(13)14)21-10-7-17(8-11-21)5-1-2-6-17;1-2-4-9(3-1)5-7-10-8-6-9;12-5-11-7-4-10-6-2-1-3-9-8(6)7/h2*3-4,9,12,19H,1-2,5-8,10-11H2,(H,20,22);10H,1-8H2;1-4,10H. The summed E-state index contributed by atoms with van der Waals surface area (Å²) in [5.74, 6) is 0. The molecule has 6 aromatic rings. The Kier molecular flexibility index (Phi) is 14.1. The summed E-state index contributed by atoms with van der Waals surface area (Å²) in [5.41, 5.74) is 9.04. The number of urea groups is 2. The number of H-pyrrole nitrogens is 3. The maximum absolute atomic E-state index is 12.5. The number of carbonyl (C=O) groups is 2. The van der Waals surface area contributed by atoms with Gasteiger partial charge in [0.2, 0.25) is 6.08 Å². The molecule has 4 amide bonds. The van der Waals surface area contributed by atoms with Crippen molar-refractivity contribution in [1.29, 1.82) is 0 Å². The number of aliphatic imine (C=N–C) groups is 1.